The van der Waals surface area contributed by atoms with Crippen LogP contribution in [0.25, 0.3) is 0 Å². The number of para-hydroxylation sites is 2. The Labute approximate surface area is 161 Å². The summed E-state index contributed by atoms with van der Waals surface area (Å²) >= 11 is 2.19. The van der Waals surface area contributed by atoms with Crippen LogP contribution in [0.4, 0.5) is 5.69 Å². The van der Waals surface area contributed by atoms with E-state index in [1.807, 2.05) is 66.7 Å². The predicted molar refractivity (Wildman–Crippen MR) is 109 cm³/mol. The van der Waals surface area contributed by atoms with E-state index in [0.717, 1.165) is 27.0 Å². The number of carbonyl (C=O) groups excluding carboxylic acids is 1. The van der Waals surface area contributed by atoms with Crippen LogP contribution in [0.15, 0.2) is 78.9 Å². The fraction of sp³-hybridized carbons (Fsp3) is 0.0952. The number of amides is 1. The van der Waals surface area contributed by atoms with Crippen LogP contribution in [-0.4, -0.2) is 12.5 Å². The summed E-state index contributed by atoms with van der Waals surface area (Å²) in [6.45, 7) is -0.0142. The molecule has 0 fully saturated rings. The van der Waals surface area contributed by atoms with Gasteiger partial charge in [0.05, 0.1) is 3.57 Å². The van der Waals surface area contributed by atoms with E-state index in [-0.39, 0.29) is 12.5 Å². The first kappa shape index (κ1) is 17.5. The summed E-state index contributed by atoms with van der Waals surface area (Å²) in [5.74, 6) is 0.552. The van der Waals surface area contributed by atoms with Gasteiger partial charge >= 0.3 is 0 Å². The van der Waals surface area contributed by atoms with Crippen LogP contribution >= 0.6 is 22.6 Å². The Morgan fingerprint density at radius 3 is 2.36 bits per heavy atom. The molecule has 0 heterocycles. The van der Waals surface area contributed by atoms with Crippen molar-refractivity contribution < 1.29 is 9.53 Å². The molecule has 0 aliphatic rings. The second-order valence-electron chi connectivity index (χ2n) is 5.59. The van der Waals surface area contributed by atoms with Crippen molar-refractivity contribution in [1.82, 2.24) is 0 Å². The molecule has 3 rings (SSSR count). The van der Waals surface area contributed by atoms with E-state index >= 15 is 0 Å². The quantitative estimate of drug-likeness (QED) is 0.551. The monoisotopic (exact) mass is 443 g/mol. The average Bonchev–Trinajstić information content (AvgIpc) is 2.64. The molecule has 126 valence electrons. The van der Waals surface area contributed by atoms with Gasteiger partial charge in [0.25, 0.3) is 5.91 Å². The van der Waals surface area contributed by atoms with Crippen molar-refractivity contribution in [3.05, 3.63) is 93.6 Å². The minimum absolute atomic E-state index is 0.0142. The zero-order chi connectivity index (χ0) is 17.5. The smallest absolute Gasteiger partial charge is 0.262 e. The van der Waals surface area contributed by atoms with Crippen LogP contribution in [0.2, 0.25) is 0 Å². The number of hydrogen-bond donors (Lipinski definition) is 1. The van der Waals surface area contributed by atoms with Crippen molar-refractivity contribution in [3.63, 3.8) is 0 Å². The molecule has 0 saturated heterocycles. The van der Waals surface area contributed by atoms with Crippen molar-refractivity contribution in [2.24, 2.45) is 0 Å². The number of ether oxygens (including phenoxy) is 1. The highest BCUT2D eigenvalue weighted by molar-refractivity contribution is 14.1. The third kappa shape index (κ3) is 5.06. The largest absolute Gasteiger partial charge is 0.483 e. The Balaban J connectivity index is 1.64. The second-order valence-corrected chi connectivity index (χ2v) is 6.75. The maximum absolute atomic E-state index is 12.3. The first-order valence-corrected chi connectivity index (χ1v) is 9.09. The minimum Gasteiger partial charge on any atom is -0.483 e. The summed E-state index contributed by atoms with van der Waals surface area (Å²) in [6.07, 6.45) is 0.773. The van der Waals surface area contributed by atoms with Gasteiger partial charge in [0.2, 0.25) is 0 Å². The normalized spacial score (nSPS) is 10.3. The van der Waals surface area contributed by atoms with Crippen molar-refractivity contribution in [1.29, 1.82) is 0 Å². The molecule has 0 unspecified atom stereocenters. The fourth-order valence-electron chi connectivity index (χ4n) is 2.50. The molecular weight excluding hydrogens is 425 g/mol. The minimum atomic E-state index is -0.167. The zero-order valence-corrected chi connectivity index (χ0v) is 15.8. The van der Waals surface area contributed by atoms with Crippen molar-refractivity contribution >= 4 is 34.2 Å². The van der Waals surface area contributed by atoms with E-state index in [1.54, 1.807) is 0 Å². The molecule has 0 spiro atoms. The van der Waals surface area contributed by atoms with E-state index in [1.165, 1.54) is 5.56 Å². The van der Waals surface area contributed by atoms with Gasteiger partial charge in [-0.05, 0) is 58.3 Å². The lowest BCUT2D eigenvalue weighted by molar-refractivity contribution is -0.118. The summed E-state index contributed by atoms with van der Waals surface area (Å²) in [6, 6.07) is 25.7. The van der Waals surface area contributed by atoms with Gasteiger partial charge in [0.15, 0.2) is 6.61 Å². The molecule has 1 N–H and O–H groups in total. The van der Waals surface area contributed by atoms with Crippen LogP contribution in [0.3, 0.4) is 0 Å². The SMILES string of the molecule is O=C(COc1ccccc1I)Nc1ccccc1Cc1ccccc1. The predicted octanol–water partition coefficient (Wildman–Crippen LogP) is 4.90. The number of halogens is 1. The zero-order valence-electron chi connectivity index (χ0n) is 13.6. The Kier molecular flexibility index (Phi) is 6.06. The molecule has 4 heteroatoms. The van der Waals surface area contributed by atoms with Crippen LogP contribution in [-0.2, 0) is 11.2 Å². The number of benzene rings is 3. The lowest BCUT2D eigenvalue weighted by Gasteiger charge is -2.12. The van der Waals surface area contributed by atoms with Gasteiger partial charge in [0, 0.05) is 5.69 Å². The van der Waals surface area contributed by atoms with Crippen molar-refractivity contribution in [2.75, 3.05) is 11.9 Å². The maximum Gasteiger partial charge on any atom is 0.262 e. The van der Waals surface area contributed by atoms with Crippen LogP contribution in [0.1, 0.15) is 11.1 Å². The maximum atomic E-state index is 12.3. The summed E-state index contributed by atoms with van der Waals surface area (Å²) in [5.41, 5.74) is 3.11. The third-order valence-electron chi connectivity index (χ3n) is 3.72. The molecule has 0 atom stereocenters. The second kappa shape index (κ2) is 8.67. The Bertz CT molecular complexity index is 849. The Morgan fingerprint density at radius 2 is 1.56 bits per heavy atom. The highest BCUT2D eigenvalue weighted by atomic mass is 127. The molecule has 0 bridgehead atoms. The number of carbonyl (C=O) groups is 1. The van der Waals surface area contributed by atoms with Gasteiger partial charge in [0.1, 0.15) is 5.75 Å². The third-order valence-corrected chi connectivity index (χ3v) is 4.62. The molecular formula is C21H18INO2. The molecule has 3 nitrogen and oxygen atoms in total. The Hall–Kier alpha value is -2.34. The highest BCUT2D eigenvalue weighted by Gasteiger charge is 2.09. The van der Waals surface area contributed by atoms with E-state index < -0.39 is 0 Å². The Morgan fingerprint density at radius 1 is 0.880 bits per heavy atom. The summed E-state index contributed by atoms with van der Waals surface area (Å²) < 4.78 is 6.59. The van der Waals surface area contributed by atoms with Crippen molar-refractivity contribution in [2.45, 2.75) is 6.42 Å². The standard InChI is InChI=1S/C21H18INO2/c22-18-11-5-7-13-20(18)25-15-21(24)23-19-12-6-4-10-17(19)14-16-8-2-1-3-9-16/h1-13H,14-15H2,(H,23,24). The molecule has 0 aliphatic heterocycles. The average molecular weight is 443 g/mol. The summed E-state index contributed by atoms with van der Waals surface area (Å²) in [5, 5.41) is 2.95. The molecule has 0 aliphatic carbocycles. The lowest BCUT2D eigenvalue weighted by Crippen LogP contribution is -2.21. The number of hydrogen-bond acceptors (Lipinski definition) is 2. The van der Waals surface area contributed by atoms with Crippen molar-refractivity contribution in [3.8, 4) is 5.75 Å². The first-order chi connectivity index (χ1) is 12.2. The van der Waals surface area contributed by atoms with Gasteiger partial charge in [-0.1, -0.05) is 60.7 Å². The van der Waals surface area contributed by atoms with E-state index in [4.69, 9.17) is 4.74 Å². The number of anilines is 1. The number of rotatable bonds is 6. The number of nitrogens with one attached hydrogen (secondary N) is 1. The van der Waals surface area contributed by atoms with Crippen LogP contribution in [0.5, 0.6) is 5.75 Å². The molecule has 3 aromatic carbocycles. The first-order valence-electron chi connectivity index (χ1n) is 8.01. The van der Waals surface area contributed by atoms with E-state index in [2.05, 4.69) is 40.0 Å². The van der Waals surface area contributed by atoms with Crippen LogP contribution in [0, 0.1) is 3.57 Å². The van der Waals surface area contributed by atoms with Gasteiger partial charge in [-0.3, -0.25) is 4.79 Å². The van der Waals surface area contributed by atoms with E-state index in [0.29, 0.717) is 0 Å². The van der Waals surface area contributed by atoms with Crippen LogP contribution < -0.4 is 10.1 Å². The molecule has 0 saturated carbocycles. The fourth-order valence-corrected chi connectivity index (χ4v) is 3.05. The van der Waals surface area contributed by atoms with E-state index in [9.17, 15) is 4.79 Å². The molecule has 0 radical (unpaired) electrons. The molecule has 25 heavy (non-hydrogen) atoms. The molecule has 3 aromatic rings. The van der Waals surface area contributed by atoms with Gasteiger partial charge in [-0.2, -0.15) is 0 Å². The highest BCUT2D eigenvalue weighted by Crippen LogP contribution is 2.21. The van der Waals surface area contributed by atoms with Gasteiger partial charge in [-0.15, -0.1) is 0 Å². The topological polar surface area (TPSA) is 38.3 Å². The summed E-state index contributed by atoms with van der Waals surface area (Å²) in [7, 11) is 0. The summed E-state index contributed by atoms with van der Waals surface area (Å²) in [4.78, 5) is 12.3. The van der Waals surface area contributed by atoms with Gasteiger partial charge < -0.3 is 10.1 Å². The lowest BCUT2D eigenvalue weighted by atomic mass is 10.0. The molecule has 0 aromatic heterocycles. The molecule has 1 amide bonds. The van der Waals surface area contributed by atoms with Gasteiger partial charge in [-0.25, -0.2) is 0 Å².